The molecule has 1 amide bonds. The van der Waals surface area contributed by atoms with Gasteiger partial charge in [-0.1, -0.05) is 11.6 Å². The Balaban J connectivity index is 1.29. The number of piperazine rings is 1. The Morgan fingerprint density at radius 2 is 1.83 bits per heavy atom. The van der Waals surface area contributed by atoms with Crippen molar-refractivity contribution in [2.45, 2.75) is 13.8 Å². The van der Waals surface area contributed by atoms with Crippen LogP contribution in [0.3, 0.4) is 0 Å². The van der Waals surface area contributed by atoms with Crippen LogP contribution in [0.15, 0.2) is 42.7 Å². The summed E-state index contributed by atoms with van der Waals surface area (Å²) in [7, 11) is 0. The van der Waals surface area contributed by atoms with Gasteiger partial charge in [0.1, 0.15) is 0 Å². The van der Waals surface area contributed by atoms with Crippen LogP contribution < -0.4 is 10.2 Å². The first kappa shape index (κ1) is 19.3. The Morgan fingerprint density at radius 1 is 1.07 bits per heavy atom. The third-order valence-corrected chi connectivity index (χ3v) is 5.33. The van der Waals surface area contributed by atoms with Crippen LogP contribution in [0, 0.1) is 13.8 Å². The van der Waals surface area contributed by atoms with Crippen LogP contribution in [-0.4, -0.2) is 65.0 Å². The molecule has 3 heterocycles. The maximum atomic E-state index is 12.7. The Hall–Kier alpha value is -3.06. The number of nitrogens with zero attached hydrogens (tertiary/aromatic N) is 5. The van der Waals surface area contributed by atoms with Crippen LogP contribution in [0.5, 0.6) is 0 Å². The largest absolute Gasteiger partial charge is 0.351 e. The molecule has 0 radical (unpaired) electrons. The number of carbonyl (C=O) groups is 1. The van der Waals surface area contributed by atoms with Crippen LogP contribution in [0.1, 0.15) is 21.6 Å². The average molecular weight is 390 g/mol. The van der Waals surface area contributed by atoms with E-state index >= 15 is 0 Å². The highest BCUT2D eigenvalue weighted by Gasteiger charge is 2.19. The van der Waals surface area contributed by atoms with Crippen molar-refractivity contribution in [3.05, 3.63) is 59.5 Å². The number of fused-ring (bicyclic) bond motifs is 1. The predicted molar refractivity (Wildman–Crippen MR) is 114 cm³/mol. The SMILES string of the molecule is Cc1ccc2nc(C)c(C(=O)NCCN3CCN(c4ncccn4)CC3)cc2c1. The smallest absolute Gasteiger partial charge is 0.253 e. The van der Waals surface area contributed by atoms with Crippen LogP contribution in [0.2, 0.25) is 0 Å². The van der Waals surface area contributed by atoms with Crippen LogP contribution >= 0.6 is 0 Å². The van der Waals surface area contributed by atoms with E-state index < -0.39 is 0 Å². The number of aromatic nitrogens is 3. The zero-order valence-corrected chi connectivity index (χ0v) is 16.9. The van der Waals surface area contributed by atoms with Gasteiger partial charge in [-0.15, -0.1) is 0 Å². The summed E-state index contributed by atoms with van der Waals surface area (Å²) in [6, 6.07) is 9.88. The fourth-order valence-corrected chi connectivity index (χ4v) is 3.67. The van der Waals surface area contributed by atoms with Crippen LogP contribution in [0.4, 0.5) is 5.95 Å². The van der Waals surface area contributed by atoms with Crippen LogP contribution in [-0.2, 0) is 0 Å². The first-order chi connectivity index (χ1) is 14.1. The van der Waals surface area contributed by atoms with E-state index in [-0.39, 0.29) is 5.91 Å². The van der Waals surface area contributed by atoms with Gasteiger partial charge in [0.25, 0.3) is 5.91 Å². The van der Waals surface area contributed by atoms with Gasteiger partial charge in [-0.25, -0.2) is 9.97 Å². The first-order valence-corrected chi connectivity index (χ1v) is 10.0. The number of nitrogens with one attached hydrogen (secondary N) is 1. The van der Waals surface area contributed by atoms with Gasteiger partial charge in [-0.3, -0.25) is 14.7 Å². The number of hydrogen-bond acceptors (Lipinski definition) is 6. The van der Waals surface area contributed by atoms with Crippen molar-refractivity contribution >= 4 is 22.8 Å². The number of hydrogen-bond donors (Lipinski definition) is 1. The zero-order valence-electron chi connectivity index (χ0n) is 16.9. The molecule has 1 aromatic carbocycles. The number of amides is 1. The lowest BCUT2D eigenvalue weighted by molar-refractivity contribution is 0.0947. The Bertz CT molecular complexity index is 999. The lowest BCUT2D eigenvalue weighted by Gasteiger charge is -2.34. The Labute approximate surface area is 170 Å². The highest BCUT2D eigenvalue weighted by atomic mass is 16.1. The van der Waals surface area contributed by atoms with Gasteiger partial charge in [0, 0.05) is 57.0 Å². The highest BCUT2D eigenvalue weighted by molar-refractivity contribution is 5.98. The third-order valence-electron chi connectivity index (χ3n) is 5.33. The minimum atomic E-state index is -0.0604. The van der Waals surface area contributed by atoms with Crippen molar-refractivity contribution < 1.29 is 4.79 Å². The maximum Gasteiger partial charge on any atom is 0.253 e. The van der Waals surface area contributed by atoms with Crippen molar-refractivity contribution in [1.82, 2.24) is 25.2 Å². The molecular formula is C22H26N6O. The summed E-state index contributed by atoms with van der Waals surface area (Å²) in [6.07, 6.45) is 3.55. The molecule has 0 aliphatic carbocycles. The molecule has 2 aromatic heterocycles. The fraction of sp³-hybridized carbons (Fsp3) is 0.364. The summed E-state index contributed by atoms with van der Waals surface area (Å²) >= 11 is 0. The van der Waals surface area contributed by atoms with E-state index in [2.05, 4.69) is 36.1 Å². The van der Waals surface area contributed by atoms with Crippen molar-refractivity contribution in [3.63, 3.8) is 0 Å². The minimum Gasteiger partial charge on any atom is -0.351 e. The zero-order chi connectivity index (χ0) is 20.2. The van der Waals surface area contributed by atoms with Crippen molar-refractivity contribution in [1.29, 1.82) is 0 Å². The number of anilines is 1. The molecule has 1 saturated heterocycles. The number of rotatable bonds is 5. The maximum absolute atomic E-state index is 12.7. The summed E-state index contributed by atoms with van der Waals surface area (Å²) in [6.45, 7) is 9.03. The summed E-state index contributed by atoms with van der Waals surface area (Å²) in [5, 5.41) is 4.05. The molecule has 7 nitrogen and oxygen atoms in total. The van der Waals surface area contributed by atoms with E-state index in [1.165, 1.54) is 0 Å². The van der Waals surface area contributed by atoms with E-state index in [1.54, 1.807) is 12.4 Å². The average Bonchev–Trinajstić information content (AvgIpc) is 2.74. The summed E-state index contributed by atoms with van der Waals surface area (Å²) in [5.41, 5.74) is 3.49. The summed E-state index contributed by atoms with van der Waals surface area (Å²) in [4.78, 5) is 30.4. The lowest BCUT2D eigenvalue weighted by atomic mass is 10.1. The molecule has 4 rings (SSSR count). The fourth-order valence-electron chi connectivity index (χ4n) is 3.67. The Kier molecular flexibility index (Phi) is 5.67. The van der Waals surface area contributed by atoms with E-state index in [0.717, 1.165) is 60.8 Å². The molecule has 1 aliphatic heterocycles. The molecule has 0 unspecified atom stereocenters. The number of pyridine rings is 1. The number of carbonyl (C=O) groups excluding carboxylic acids is 1. The van der Waals surface area contributed by atoms with Gasteiger partial charge in [0.2, 0.25) is 5.95 Å². The number of aryl methyl sites for hydroxylation is 2. The first-order valence-electron chi connectivity index (χ1n) is 10.0. The standard InChI is InChI=1S/C22H26N6O/c1-16-4-5-20-18(14-16)15-19(17(2)26-20)21(29)23-8-9-27-10-12-28(13-11-27)22-24-6-3-7-25-22/h3-7,14-15H,8-13H2,1-2H3,(H,23,29). The Morgan fingerprint density at radius 3 is 2.59 bits per heavy atom. The molecule has 1 N–H and O–H groups in total. The molecule has 1 aliphatic rings. The van der Waals surface area contributed by atoms with Crippen LogP contribution in [0.25, 0.3) is 10.9 Å². The second-order valence-electron chi connectivity index (χ2n) is 7.45. The molecule has 0 spiro atoms. The molecule has 29 heavy (non-hydrogen) atoms. The second kappa shape index (κ2) is 8.53. The molecule has 7 heteroatoms. The number of benzene rings is 1. The van der Waals surface area contributed by atoms with Gasteiger partial charge >= 0.3 is 0 Å². The molecule has 1 fully saturated rings. The summed E-state index contributed by atoms with van der Waals surface area (Å²) in [5.74, 6) is 0.727. The topological polar surface area (TPSA) is 74.2 Å². The molecular weight excluding hydrogens is 364 g/mol. The minimum absolute atomic E-state index is 0.0604. The quantitative estimate of drug-likeness (QED) is 0.720. The monoisotopic (exact) mass is 390 g/mol. The molecule has 0 atom stereocenters. The van der Waals surface area contributed by atoms with E-state index in [4.69, 9.17) is 0 Å². The van der Waals surface area contributed by atoms with E-state index in [0.29, 0.717) is 12.1 Å². The highest BCUT2D eigenvalue weighted by Crippen LogP contribution is 2.18. The van der Waals surface area contributed by atoms with E-state index in [1.807, 2.05) is 38.1 Å². The van der Waals surface area contributed by atoms with E-state index in [9.17, 15) is 4.79 Å². The molecule has 0 bridgehead atoms. The van der Waals surface area contributed by atoms with Crippen molar-refractivity contribution in [2.75, 3.05) is 44.2 Å². The van der Waals surface area contributed by atoms with Crippen molar-refractivity contribution in [2.24, 2.45) is 0 Å². The molecule has 150 valence electrons. The van der Waals surface area contributed by atoms with Gasteiger partial charge in [-0.05, 0) is 38.1 Å². The van der Waals surface area contributed by atoms with Gasteiger partial charge in [-0.2, -0.15) is 0 Å². The third kappa shape index (κ3) is 4.51. The van der Waals surface area contributed by atoms with Gasteiger partial charge < -0.3 is 10.2 Å². The van der Waals surface area contributed by atoms with Crippen molar-refractivity contribution in [3.8, 4) is 0 Å². The van der Waals surface area contributed by atoms with Gasteiger partial charge in [0.05, 0.1) is 16.8 Å². The predicted octanol–water partition coefficient (Wildman–Crippen LogP) is 2.19. The second-order valence-corrected chi connectivity index (χ2v) is 7.45. The van der Waals surface area contributed by atoms with Gasteiger partial charge in [0.15, 0.2) is 0 Å². The molecule has 3 aromatic rings. The normalized spacial score (nSPS) is 14.9. The summed E-state index contributed by atoms with van der Waals surface area (Å²) < 4.78 is 0. The molecule has 0 saturated carbocycles. The lowest BCUT2D eigenvalue weighted by Crippen LogP contribution is -2.49.